The van der Waals surface area contributed by atoms with Crippen LogP contribution in [-0.4, -0.2) is 0 Å². The monoisotopic (exact) mass is 250 g/mol. The van der Waals surface area contributed by atoms with E-state index >= 15 is 0 Å². The van der Waals surface area contributed by atoms with Gasteiger partial charge in [0, 0.05) is 0 Å². The molecule has 0 amide bonds. The highest BCUT2D eigenvalue weighted by molar-refractivity contribution is 5.40. The number of aryl methyl sites for hydroxylation is 2. The van der Waals surface area contributed by atoms with Gasteiger partial charge in [0.2, 0.25) is 0 Å². The third kappa shape index (κ3) is 2.45. The predicted octanol–water partition coefficient (Wildman–Crippen LogP) is 4.83. The van der Waals surface area contributed by atoms with Gasteiger partial charge in [0.05, 0.1) is 0 Å². The van der Waals surface area contributed by atoms with E-state index in [1.807, 2.05) is 0 Å². The Bertz CT molecular complexity index is 568. The van der Waals surface area contributed by atoms with E-state index in [9.17, 15) is 0 Å². The van der Waals surface area contributed by atoms with Gasteiger partial charge in [-0.1, -0.05) is 61.0 Å². The van der Waals surface area contributed by atoms with Gasteiger partial charge in [0.15, 0.2) is 0 Å². The molecule has 0 aromatic heterocycles. The van der Waals surface area contributed by atoms with E-state index in [4.69, 9.17) is 0 Å². The Morgan fingerprint density at radius 1 is 1.05 bits per heavy atom. The molecule has 0 heteroatoms. The third-order valence-corrected chi connectivity index (χ3v) is 4.53. The first kappa shape index (κ1) is 12.5. The van der Waals surface area contributed by atoms with Crippen LogP contribution in [0.3, 0.4) is 0 Å². The number of benzene rings is 2. The molecular weight excluding hydrogens is 228 g/mol. The van der Waals surface area contributed by atoms with Crippen molar-refractivity contribution in [1.82, 2.24) is 0 Å². The van der Waals surface area contributed by atoms with Crippen LogP contribution in [0.2, 0.25) is 0 Å². The lowest BCUT2D eigenvalue weighted by atomic mass is 9.68. The highest BCUT2D eigenvalue weighted by atomic mass is 14.4. The zero-order chi connectivity index (χ0) is 13.3. The van der Waals surface area contributed by atoms with Crippen molar-refractivity contribution in [1.29, 1.82) is 0 Å². The molecular formula is C19H22. The first-order valence-electron chi connectivity index (χ1n) is 7.31. The maximum atomic E-state index is 2.44. The maximum Gasteiger partial charge on any atom is -0.00320 e. The van der Waals surface area contributed by atoms with E-state index < -0.39 is 0 Å². The summed E-state index contributed by atoms with van der Waals surface area (Å²) in [5, 5.41) is 0. The first-order chi connectivity index (χ1) is 9.17. The summed E-state index contributed by atoms with van der Waals surface area (Å²) in [4.78, 5) is 0. The molecule has 3 rings (SSSR count). The quantitative estimate of drug-likeness (QED) is 0.716. The molecule has 0 spiro atoms. The molecule has 0 bridgehead atoms. The fraction of sp³-hybridized carbons (Fsp3) is 0.368. The first-order valence-corrected chi connectivity index (χ1v) is 7.31. The molecule has 0 radical (unpaired) electrons. The summed E-state index contributed by atoms with van der Waals surface area (Å²) in [6.45, 7) is 4.65. The normalized spacial score (nSPS) is 22.0. The lowest BCUT2D eigenvalue weighted by Gasteiger charge is -2.36. The Hall–Kier alpha value is -1.56. The van der Waals surface area contributed by atoms with E-state index in [0.717, 1.165) is 6.42 Å². The van der Waals surface area contributed by atoms with E-state index in [0.29, 0.717) is 5.41 Å². The minimum atomic E-state index is 0.307. The van der Waals surface area contributed by atoms with Crippen molar-refractivity contribution >= 4 is 0 Å². The highest BCUT2D eigenvalue weighted by Gasteiger charge is 2.31. The van der Waals surface area contributed by atoms with Gasteiger partial charge in [-0.15, -0.1) is 0 Å². The third-order valence-electron chi connectivity index (χ3n) is 4.53. The van der Waals surface area contributed by atoms with Crippen LogP contribution in [0.5, 0.6) is 0 Å². The van der Waals surface area contributed by atoms with Crippen LogP contribution >= 0.6 is 0 Å². The summed E-state index contributed by atoms with van der Waals surface area (Å²) >= 11 is 0. The molecule has 1 unspecified atom stereocenters. The lowest BCUT2D eigenvalue weighted by Crippen LogP contribution is -2.30. The number of hydrogen-bond acceptors (Lipinski definition) is 0. The molecule has 2 aromatic rings. The van der Waals surface area contributed by atoms with Crippen LogP contribution in [-0.2, 0) is 18.3 Å². The summed E-state index contributed by atoms with van der Waals surface area (Å²) in [6.07, 6.45) is 5.03. The van der Waals surface area contributed by atoms with Gasteiger partial charge in [-0.3, -0.25) is 0 Å². The van der Waals surface area contributed by atoms with Gasteiger partial charge in [-0.2, -0.15) is 0 Å². The highest BCUT2D eigenvalue weighted by Crippen LogP contribution is 2.40. The molecule has 0 aliphatic heterocycles. The molecule has 0 fully saturated rings. The maximum absolute atomic E-state index is 2.44. The fourth-order valence-electron chi connectivity index (χ4n) is 3.50. The smallest absolute Gasteiger partial charge is 0.00320 e. The van der Waals surface area contributed by atoms with Crippen molar-refractivity contribution in [3.63, 3.8) is 0 Å². The summed E-state index contributed by atoms with van der Waals surface area (Å²) in [5.74, 6) is 0. The van der Waals surface area contributed by atoms with Crippen molar-refractivity contribution in [2.75, 3.05) is 0 Å². The molecule has 1 aliphatic carbocycles. The van der Waals surface area contributed by atoms with Crippen molar-refractivity contribution in [3.05, 3.63) is 70.8 Å². The molecule has 1 atom stereocenters. The van der Waals surface area contributed by atoms with Crippen LogP contribution in [0.1, 0.15) is 42.0 Å². The van der Waals surface area contributed by atoms with Crippen LogP contribution in [0, 0.1) is 6.92 Å². The summed E-state index contributed by atoms with van der Waals surface area (Å²) in [6, 6.07) is 17.9. The molecule has 0 saturated carbocycles. The second kappa shape index (κ2) is 4.85. The van der Waals surface area contributed by atoms with Crippen LogP contribution < -0.4 is 0 Å². The molecule has 2 aromatic carbocycles. The summed E-state index contributed by atoms with van der Waals surface area (Å²) < 4.78 is 0. The van der Waals surface area contributed by atoms with Crippen LogP contribution in [0.4, 0.5) is 0 Å². The number of rotatable bonds is 2. The molecule has 1 aliphatic rings. The lowest BCUT2D eigenvalue weighted by molar-refractivity contribution is 0.391. The van der Waals surface area contributed by atoms with E-state index in [1.54, 1.807) is 11.1 Å². The summed E-state index contributed by atoms with van der Waals surface area (Å²) in [5.41, 5.74) is 6.30. The molecule has 98 valence electrons. The average Bonchev–Trinajstić information content (AvgIpc) is 2.41. The van der Waals surface area contributed by atoms with Gasteiger partial charge in [0.1, 0.15) is 0 Å². The fourth-order valence-corrected chi connectivity index (χ4v) is 3.50. The Kier molecular flexibility index (Phi) is 3.18. The molecule has 19 heavy (non-hydrogen) atoms. The number of hydrogen-bond donors (Lipinski definition) is 0. The molecule has 0 N–H and O–H groups in total. The molecule has 0 heterocycles. The Morgan fingerprint density at radius 3 is 2.63 bits per heavy atom. The Labute approximate surface area is 116 Å². The van der Waals surface area contributed by atoms with Crippen molar-refractivity contribution in [2.45, 2.75) is 44.9 Å². The topological polar surface area (TPSA) is 0 Å². The second-order valence-electron chi connectivity index (χ2n) is 6.24. The molecule has 0 saturated heterocycles. The zero-order valence-corrected chi connectivity index (χ0v) is 11.9. The minimum absolute atomic E-state index is 0.307. The minimum Gasteiger partial charge on any atom is -0.0622 e. The van der Waals surface area contributed by atoms with Gasteiger partial charge >= 0.3 is 0 Å². The molecule has 0 nitrogen and oxygen atoms in total. The van der Waals surface area contributed by atoms with Gasteiger partial charge < -0.3 is 0 Å². The van der Waals surface area contributed by atoms with Crippen LogP contribution in [0.15, 0.2) is 48.5 Å². The standard InChI is InChI=1S/C19H22/c1-15-10-11-17-9-6-12-19(2,18(17)13-15)14-16-7-4-3-5-8-16/h3-5,7-8,10-11,13H,6,9,12,14H2,1-2H3. The van der Waals surface area contributed by atoms with Gasteiger partial charge in [0.25, 0.3) is 0 Å². The Balaban J connectivity index is 1.99. The summed E-state index contributed by atoms with van der Waals surface area (Å²) in [7, 11) is 0. The van der Waals surface area contributed by atoms with Crippen molar-refractivity contribution in [2.24, 2.45) is 0 Å². The van der Waals surface area contributed by atoms with E-state index in [-0.39, 0.29) is 0 Å². The van der Waals surface area contributed by atoms with E-state index in [2.05, 4.69) is 62.4 Å². The van der Waals surface area contributed by atoms with E-state index in [1.165, 1.54) is 30.4 Å². The average molecular weight is 250 g/mol. The predicted molar refractivity (Wildman–Crippen MR) is 81.6 cm³/mol. The number of fused-ring (bicyclic) bond motifs is 1. The Morgan fingerprint density at radius 2 is 1.84 bits per heavy atom. The zero-order valence-electron chi connectivity index (χ0n) is 11.9. The van der Waals surface area contributed by atoms with Gasteiger partial charge in [-0.25, -0.2) is 0 Å². The van der Waals surface area contributed by atoms with Crippen LogP contribution in [0.25, 0.3) is 0 Å². The largest absolute Gasteiger partial charge is 0.0622 e. The van der Waals surface area contributed by atoms with Crippen molar-refractivity contribution in [3.8, 4) is 0 Å². The SMILES string of the molecule is Cc1ccc2c(c1)C(C)(Cc1ccccc1)CCC2. The van der Waals surface area contributed by atoms with Crippen molar-refractivity contribution < 1.29 is 0 Å². The van der Waals surface area contributed by atoms with Gasteiger partial charge in [-0.05, 0) is 54.7 Å². The second-order valence-corrected chi connectivity index (χ2v) is 6.24.